The standard InChI is InChI=1S/C17H21N3O2/c1-17(2,3)19-16(21)22-20-14-10-6-8-12-11-7-4-5-9-13(11)18-15(12)14/h4-5,7,9,18H,6,8,10H2,1-3H3,(H,19,21). The van der Waals surface area contributed by atoms with E-state index in [1.807, 2.05) is 32.9 Å². The number of benzene rings is 1. The van der Waals surface area contributed by atoms with Crippen molar-refractivity contribution in [1.82, 2.24) is 10.3 Å². The number of aromatic amines is 1. The summed E-state index contributed by atoms with van der Waals surface area (Å²) < 4.78 is 0. The molecule has 0 bridgehead atoms. The highest BCUT2D eigenvalue weighted by Crippen LogP contribution is 2.29. The molecule has 3 rings (SSSR count). The van der Waals surface area contributed by atoms with Crippen molar-refractivity contribution in [2.45, 2.75) is 45.6 Å². The third-order valence-corrected chi connectivity index (χ3v) is 3.66. The van der Waals surface area contributed by atoms with E-state index in [2.05, 4.69) is 27.6 Å². The van der Waals surface area contributed by atoms with Crippen molar-refractivity contribution in [2.24, 2.45) is 5.16 Å². The van der Waals surface area contributed by atoms with E-state index < -0.39 is 6.09 Å². The van der Waals surface area contributed by atoms with Crippen molar-refractivity contribution in [2.75, 3.05) is 0 Å². The Bertz CT molecular complexity index is 738. The second-order valence-electron chi connectivity index (χ2n) is 6.67. The average Bonchev–Trinajstić information content (AvgIpc) is 2.82. The molecule has 0 radical (unpaired) electrons. The maximum absolute atomic E-state index is 11.7. The average molecular weight is 299 g/mol. The zero-order valence-corrected chi connectivity index (χ0v) is 13.2. The van der Waals surface area contributed by atoms with Gasteiger partial charge in [0.25, 0.3) is 0 Å². The highest BCUT2D eigenvalue weighted by molar-refractivity contribution is 6.06. The van der Waals surface area contributed by atoms with Crippen LogP contribution in [0.3, 0.4) is 0 Å². The molecule has 5 heteroatoms. The van der Waals surface area contributed by atoms with Gasteiger partial charge >= 0.3 is 6.09 Å². The van der Waals surface area contributed by atoms with Crippen molar-refractivity contribution in [3.8, 4) is 0 Å². The maximum atomic E-state index is 11.7. The second kappa shape index (κ2) is 5.48. The van der Waals surface area contributed by atoms with E-state index in [4.69, 9.17) is 4.84 Å². The first-order valence-corrected chi connectivity index (χ1v) is 7.60. The Hall–Kier alpha value is -2.30. The van der Waals surface area contributed by atoms with Crippen LogP contribution in [-0.4, -0.2) is 22.3 Å². The third-order valence-electron chi connectivity index (χ3n) is 3.66. The van der Waals surface area contributed by atoms with Crippen LogP contribution in [0.1, 0.15) is 44.9 Å². The SMILES string of the molecule is CC(C)(C)NC(=O)ON=C1CCCc2c1[nH]c1ccccc21. The largest absolute Gasteiger partial charge is 0.433 e. The lowest BCUT2D eigenvalue weighted by molar-refractivity contribution is 0.141. The number of hydrogen-bond donors (Lipinski definition) is 2. The van der Waals surface area contributed by atoms with E-state index in [-0.39, 0.29) is 5.54 Å². The van der Waals surface area contributed by atoms with Crippen LogP contribution in [0.4, 0.5) is 4.79 Å². The molecular weight excluding hydrogens is 278 g/mol. The molecule has 1 aromatic carbocycles. The van der Waals surface area contributed by atoms with Crippen LogP contribution >= 0.6 is 0 Å². The van der Waals surface area contributed by atoms with Gasteiger partial charge in [-0.1, -0.05) is 23.4 Å². The molecule has 1 heterocycles. The summed E-state index contributed by atoms with van der Waals surface area (Å²) in [6.07, 6.45) is 2.32. The summed E-state index contributed by atoms with van der Waals surface area (Å²) in [5.41, 5.74) is 3.83. The summed E-state index contributed by atoms with van der Waals surface area (Å²) in [5.74, 6) is 0. The summed E-state index contributed by atoms with van der Waals surface area (Å²) in [7, 11) is 0. The highest BCUT2D eigenvalue weighted by atomic mass is 16.7. The number of carbonyl (C=O) groups is 1. The van der Waals surface area contributed by atoms with E-state index in [9.17, 15) is 4.79 Å². The minimum atomic E-state index is -0.525. The molecule has 0 aliphatic heterocycles. The van der Waals surface area contributed by atoms with Crippen LogP contribution in [0, 0.1) is 0 Å². The molecule has 1 aliphatic rings. The first kappa shape index (κ1) is 14.6. The van der Waals surface area contributed by atoms with Gasteiger partial charge in [-0.15, -0.1) is 0 Å². The topological polar surface area (TPSA) is 66.5 Å². The fraction of sp³-hybridized carbons (Fsp3) is 0.412. The van der Waals surface area contributed by atoms with Crippen LogP contribution in [0.25, 0.3) is 10.9 Å². The predicted molar refractivity (Wildman–Crippen MR) is 87.1 cm³/mol. The molecule has 116 valence electrons. The molecule has 0 fully saturated rings. The van der Waals surface area contributed by atoms with Crippen molar-refractivity contribution < 1.29 is 9.63 Å². The number of fused-ring (bicyclic) bond motifs is 3. The van der Waals surface area contributed by atoms with Gasteiger partial charge in [0, 0.05) is 16.4 Å². The van der Waals surface area contributed by atoms with Gasteiger partial charge in [-0.2, -0.15) is 0 Å². The van der Waals surface area contributed by atoms with Crippen molar-refractivity contribution >= 4 is 22.7 Å². The predicted octanol–water partition coefficient (Wildman–Crippen LogP) is 3.73. The van der Waals surface area contributed by atoms with Gasteiger partial charge < -0.3 is 10.3 Å². The molecule has 1 aliphatic carbocycles. The van der Waals surface area contributed by atoms with E-state index in [1.54, 1.807) is 0 Å². The Kier molecular flexibility index (Phi) is 3.64. The molecule has 1 amide bonds. The molecule has 2 aromatic rings. The summed E-state index contributed by atoms with van der Waals surface area (Å²) in [6.45, 7) is 5.70. The monoisotopic (exact) mass is 299 g/mol. The number of H-pyrrole nitrogens is 1. The quantitative estimate of drug-likeness (QED) is 0.622. The number of hydrogen-bond acceptors (Lipinski definition) is 3. The Morgan fingerprint density at radius 2 is 2.05 bits per heavy atom. The lowest BCUT2D eigenvalue weighted by Gasteiger charge is -2.19. The van der Waals surface area contributed by atoms with Gasteiger partial charge in [-0.25, -0.2) is 4.79 Å². The van der Waals surface area contributed by atoms with Gasteiger partial charge in [0.2, 0.25) is 0 Å². The van der Waals surface area contributed by atoms with E-state index in [0.717, 1.165) is 36.2 Å². The van der Waals surface area contributed by atoms with Gasteiger partial charge in [0.05, 0.1) is 5.69 Å². The molecule has 0 atom stereocenters. The number of para-hydroxylation sites is 1. The smallest absolute Gasteiger partial charge is 0.353 e. The van der Waals surface area contributed by atoms with Gasteiger partial charge in [0.15, 0.2) is 0 Å². The number of rotatable bonds is 1. The van der Waals surface area contributed by atoms with E-state index >= 15 is 0 Å². The van der Waals surface area contributed by atoms with Crippen LogP contribution < -0.4 is 5.32 Å². The lowest BCUT2D eigenvalue weighted by Crippen LogP contribution is -2.40. The van der Waals surface area contributed by atoms with Crippen molar-refractivity contribution in [3.05, 3.63) is 35.5 Å². The number of carbonyl (C=O) groups excluding carboxylic acids is 1. The Morgan fingerprint density at radius 3 is 2.82 bits per heavy atom. The fourth-order valence-corrected chi connectivity index (χ4v) is 2.78. The first-order chi connectivity index (χ1) is 10.4. The zero-order valence-electron chi connectivity index (χ0n) is 13.2. The van der Waals surface area contributed by atoms with Gasteiger partial charge in [-0.3, -0.25) is 4.84 Å². The Labute approximate surface area is 129 Å². The molecule has 2 N–H and O–H groups in total. The minimum absolute atomic E-state index is 0.337. The summed E-state index contributed by atoms with van der Waals surface area (Å²) in [4.78, 5) is 20.2. The summed E-state index contributed by atoms with van der Waals surface area (Å²) in [5, 5.41) is 8.03. The normalized spacial score (nSPS) is 16.6. The first-order valence-electron chi connectivity index (χ1n) is 7.60. The van der Waals surface area contributed by atoms with E-state index in [1.165, 1.54) is 10.9 Å². The zero-order chi connectivity index (χ0) is 15.7. The number of amides is 1. The fourth-order valence-electron chi connectivity index (χ4n) is 2.78. The van der Waals surface area contributed by atoms with Crippen molar-refractivity contribution in [3.63, 3.8) is 0 Å². The Balaban J connectivity index is 1.85. The number of aryl methyl sites for hydroxylation is 1. The lowest BCUT2D eigenvalue weighted by atomic mass is 9.94. The number of nitrogens with zero attached hydrogens (tertiary/aromatic N) is 1. The number of oxime groups is 1. The molecule has 1 aromatic heterocycles. The molecule has 0 spiro atoms. The molecule has 0 saturated heterocycles. The molecule has 0 saturated carbocycles. The van der Waals surface area contributed by atoms with Gasteiger partial charge in [-0.05, 0) is 51.7 Å². The third kappa shape index (κ3) is 2.98. The number of nitrogens with one attached hydrogen (secondary N) is 2. The summed E-state index contributed by atoms with van der Waals surface area (Å²) in [6, 6.07) is 8.21. The van der Waals surface area contributed by atoms with E-state index in [0.29, 0.717) is 0 Å². The second-order valence-corrected chi connectivity index (χ2v) is 6.67. The van der Waals surface area contributed by atoms with Gasteiger partial charge in [0.1, 0.15) is 5.71 Å². The minimum Gasteiger partial charge on any atom is -0.353 e. The molecule has 0 unspecified atom stereocenters. The molecule has 22 heavy (non-hydrogen) atoms. The van der Waals surface area contributed by atoms with Crippen LogP contribution in [0.15, 0.2) is 29.4 Å². The maximum Gasteiger partial charge on any atom is 0.433 e. The van der Waals surface area contributed by atoms with Crippen LogP contribution in [0.2, 0.25) is 0 Å². The summed E-state index contributed by atoms with van der Waals surface area (Å²) >= 11 is 0. The van der Waals surface area contributed by atoms with Crippen molar-refractivity contribution in [1.29, 1.82) is 0 Å². The van der Waals surface area contributed by atoms with Crippen LogP contribution in [-0.2, 0) is 11.3 Å². The highest BCUT2D eigenvalue weighted by Gasteiger charge is 2.22. The van der Waals surface area contributed by atoms with Crippen LogP contribution in [0.5, 0.6) is 0 Å². The molecular formula is C17H21N3O2. The Morgan fingerprint density at radius 1 is 1.27 bits per heavy atom. The number of aromatic nitrogens is 1. The molecule has 5 nitrogen and oxygen atoms in total.